The number of carbonyl (C=O) groups excluding carboxylic acids is 1. The molecule has 0 fully saturated rings. The van der Waals surface area contributed by atoms with Crippen LogP contribution >= 0.6 is 11.6 Å². The number of rotatable bonds is 6. The maximum absolute atomic E-state index is 13.5. The summed E-state index contributed by atoms with van der Waals surface area (Å²) in [5.74, 6) is -1.55. The Morgan fingerprint density at radius 2 is 1.97 bits per heavy atom. The Morgan fingerprint density at radius 1 is 1.18 bits per heavy atom. The van der Waals surface area contributed by atoms with E-state index in [0.29, 0.717) is 23.6 Å². The standard InChI is InChI=1S/C22H19ClN4O6S/c1-33-19-7-3-14(23)11-20(19)34(31,32)27-9-8-24-16-5-2-13(10-18(16)27)21(28)26-15-4-6-17(22(29)30)25-12-15/h2-7,10-12,24H,8-9H2,1H3,(H,26,28)(H,29,30). The van der Waals surface area contributed by atoms with E-state index in [9.17, 15) is 18.0 Å². The van der Waals surface area contributed by atoms with Gasteiger partial charge >= 0.3 is 5.97 Å². The lowest BCUT2D eigenvalue weighted by atomic mass is 10.1. The number of pyridine rings is 1. The minimum absolute atomic E-state index is 0.0881. The van der Waals surface area contributed by atoms with Crippen LogP contribution in [0.3, 0.4) is 0 Å². The van der Waals surface area contributed by atoms with E-state index in [1.54, 1.807) is 12.1 Å². The first-order valence-electron chi connectivity index (χ1n) is 9.95. The number of nitrogens with one attached hydrogen (secondary N) is 2. The molecule has 12 heteroatoms. The fourth-order valence-corrected chi connectivity index (χ4v) is 5.36. The molecule has 3 N–H and O–H groups in total. The third kappa shape index (κ3) is 4.47. The zero-order valence-electron chi connectivity index (χ0n) is 17.8. The van der Waals surface area contributed by atoms with Gasteiger partial charge in [-0.15, -0.1) is 0 Å². The van der Waals surface area contributed by atoms with E-state index >= 15 is 0 Å². The summed E-state index contributed by atoms with van der Waals surface area (Å²) in [6.45, 7) is 0.485. The molecule has 0 atom stereocenters. The summed E-state index contributed by atoms with van der Waals surface area (Å²) in [5, 5.41) is 14.9. The molecule has 0 bridgehead atoms. The second kappa shape index (κ2) is 9.20. The minimum atomic E-state index is -4.07. The van der Waals surface area contributed by atoms with Gasteiger partial charge in [0.2, 0.25) is 0 Å². The average Bonchev–Trinajstić information content (AvgIpc) is 2.83. The van der Waals surface area contributed by atoms with Crippen molar-refractivity contribution in [1.29, 1.82) is 0 Å². The lowest BCUT2D eigenvalue weighted by Crippen LogP contribution is -2.39. The summed E-state index contributed by atoms with van der Waals surface area (Å²) in [6, 6.07) is 11.6. The molecule has 0 spiro atoms. The van der Waals surface area contributed by atoms with E-state index in [-0.39, 0.29) is 33.5 Å². The molecule has 2 heterocycles. The molecular formula is C22H19ClN4O6S. The Labute approximate surface area is 200 Å². The van der Waals surface area contributed by atoms with Crippen LogP contribution in [0.15, 0.2) is 59.6 Å². The molecule has 10 nitrogen and oxygen atoms in total. The number of methoxy groups -OCH3 is 1. The molecule has 1 aliphatic rings. The van der Waals surface area contributed by atoms with Gasteiger partial charge in [-0.3, -0.25) is 9.10 Å². The van der Waals surface area contributed by atoms with Gasteiger partial charge in [-0.1, -0.05) is 11.6 Å². The number of ether oxygens (including phenoxy) is 1. The average molecular weight is 503 g/mol. The number of carboxylic acids is 1. The second-order valence-electron chi connectivity index (χ2n) is 7.22. The summed E-state index contributed by atoms with van der Waals surface area (Å²) >= 11 is 6.05. The van der Waals surface area contributed by atoms with Gasteiger partial charge in [0, 0.05) is 17.1 Å². The summed E-state index contributed by atoms with van der Waals surface area (Å²) in [7, 11) is -2.70. The van der Waals surface area contributed by atoms with Crippen molar-refractivity contribution < 1.29 is 27.9 Å². The Kier molecular flexibility index (Phi) is 6.31. The Balaban J connectivity index is 1.67. The number of benzene rings is 2. The predicted molar refractivity (Wildman–Crippen MR) is 127 cm³/mol. The lowest BCUT2D eigenvalue weighted by Gasteiger charge is -2.32. The van der Waals surface area contributed by atoms with Crippen LogP contribution in [0, 0.1) is 0 Å². The molecule has 1 amide bonds. The number of fused-ring (bicyclic) bond motifs is 1. The van der Waals surface area contributed by atoms with Crippen LogP contribution < -0.4 is 19.7 Å². The highest BCUT2D eigenvalue weighted by atomic mass is 35.5. The number of sulfonamides is 1. The van der Waals surface area contributed by atoms with Crippen LogP contribution in [-0.4, -0.2) is 50.6 Å². The largest absolute Gasteiger partial charge is 0.495 e. The topological polar surface area (TPSA) is 138 Å². The van der Waals surface area contributed by atoms with Crippen LogP contribution in [0.1, 0.15) is 20.8 Å². The quantitative estimate of drug-likeness (QED) is 0.466. The molecule has 176 valence electrons. The van der Waals surface area contributed by atoms with Crippen molar-refractivity contribution in [1.82, 2.24) is 4.98 Å². The van der Waals surface area contributed by atoms with Gasteiger partial charge in [0.1, 0.15) is 16.3 Å². The van der Waals surface area contributed by atoms with Crippen LogP contribution in [0.25, 0.3) is 0 Å². The zero-order chi connectivity index (χ0) is 24.5. The van der Waals surface area contributed by atoms with Crippen molar-refractivity contribution in [2.45, 2.75) is 4.90 Å². The Bertz CT molecular complexity index is 1380. The molecule has 1 aliphatic heterocycles. The summed E-state index contributed by atoms with van der Waals surface area (Å²) in [5.41, 5.74) is 1.16. The molecule has 3 aromatic rings. The van der Waals surface area contributed by atoms with Crippen molar-refractivity contribution in [2.24, 2.45) is 0 Å². The first-order chi connectivity index (χ1) is 16.2. The number of nitrogens with zero attached hydrogens (tertiary/aromatic N) is 2. The second-order valence-corrected chi connectivity index (χ2v) is 9.49. The molecule has 0 saturated heterocycles. The maximum atomic E-state index is 13.5. The van der Waals surface area contributed by atoms with Crippen molar-refractivity contribution >= 4 is 50.6 Å². The van der Waals surface area contributed by atoms with E-state index < -0.39 is 21.9 Å². The van der Waals surface area contributed by atoms with Crippen LogP contribution in [0.2, 0.25) is 5.02 Å². The molecule has 34 heavy (non-hydrogen) atoms. The molecular weight excluding hydrogens is 484 g/mol. The molecule has 0 saturated carbocycles. The Hall–Kier alpha value is -3.83. The molecule has 0 radical (unpaired) electrons. The highest BCUT2D eigenvalue weighted by molar-refractivity contribution is 7.93. The van der Waals surface area contributed by atoms with Crippen LogP contribution in [0.4, 0.5) is 17.1 Å². The van der Waals surface area contributed by atoms with Crippen LogP contribution in [0.5, 0.6) is 5.75 Å². The van der Waals surface area contributed by atoms with Gasteiger partial charge in [0.25, 0.3) is 15.9 Å². The number of amides is 1. The lowest BCUT2D eigenvalue weighted by molar-refractivity contribution is 0.0690. The zero-order valence-corrected chi connectivity index (χ0v) is 19.4. The number of carboxylic acid groups (broad SMARTS) is 1. The molecule has 0 unspecified atom stereocenters. The number of aromatic nitrogens is 1. The fraction of sp³-hybridized carbons (Fsp3) is 0.136. The van der Waals surface area contributed by atoms with Gasteiger partial charge in [-0.2, -0.15) is 0 Å². The predicted octanol–water partition coefficient (Wildman–Crippen LogP) is 3.31. The van der Waals surface area contributed by atoms with Crippen molar-refractivity contribution in [2.75, 3.05) is 35.1 Å². The third-order valence-electron chi connectivity index (χ3n) is 5.09. The van der Waals surface area contributed by atoms with Gasteiger partial charge < -0.3 is 20.5 Å². The normalized spacial score (nSPS) is 12.9. The van der Waals surface area contributed by atoms with Crippen molar-refractivity contribution in [3.63, 3.8) is 0 Å². The van der Waals surface area contributed by atoms with E-state index in [0.717, 1.165) is 0 Å². The summed E-state index contributed by atoms with van der Waals surface area (Å²) in [4.78, 5) is 27.4. The number of hydrogen-bond donors (Lipinski definition) is 3. The molecule has 2 aromatic carbocycles. The summed E-state index contributed by atoms with van der Waals surface area (Å²) < 4.78 is 33.5. The van der Waals surface area contributed by atoms with Gasteiger partial charge in [0.15, 0.2) is 0 Å². The number of hydrogen-bond acceptors (Lipinski definition) is 7. The monoisotopic (exact) mass is 502 g/mol. The fourth-order valence-electron chi connectivity index (χ4n) is 3.46. The number of anilines is 3. The number of halogens is 1. The number of aromatic carboxylic acids is 1. The summed E-state index contributed by atoms with van der Waals surface area (Å²) in [6.07, 6.45) is 1.23. The van der Waals surface area contributed by atoms with E-state index in [1.807, 2.05) is 0 Å². The smallest absolute Gasteiger partial charge is 0.354 e. The molecule has 4 rings (SSSR count). The molecule has 1 aromatic heterocycles. The van der Waals surface area contributed by atoms with E-state index in [1.165, 1.54) is 54.0 Å². The van der Waals surface area contributed by atoms with Crippen molar-refractivity contribution in [3.8, 4) is 5.75 Å². The number of carbonyl (C=O) groups is 2. The van der Waals surface area contributed by atoms with E-state index in [4.69, 9.17) is 21.4 Å². The molecule has 0 aliphatic carbocycles. The highest BCUT2D eigenvalue weighted by Crippen LogP contribution is 2.37. The van der Waals surface area contributed by atoms with Gasteiger partial charge in [-0.25, -0.2) is 18.2 Å². The van der Waals surface area contributed by atoms with Crippen LogP contribution in [-0.2, 0) is 10.0 Å². The first-order valence-corrected chi connectivity index (χ1v) is 11.8. The van der Waals surface area contributed by atoms with Crippen molar-refractivity contribution in [3.05, 3.63) is 71.0 Å². The minimum Gasteiger partial charge on any atom is -0.495 e. The SMILES string of the molecule is COc1ccc(Cl)cc1S(=O)(=O)N1CCNc2ccc(C(=O)Nc3ccc(C(=O)O)nc3)cc21. The first kappa shape index (κ1) is 23.3. The highest BCUT2D eigenvalue weighted by Gasteiger charge is 2.32. The van der Waals surface area contributed by atoms with Gasteiger partial charge in [0.05, 0.1) is 36.9 Å². The van der Waals surface area contributed by atoms with E-state index in [2.05, 4.69) is 15.6 Å². The third-order valence-corrected chi connectivity index (χ3v) is 7.16. The maximum Gasteiger partial charge on any atom is 0.354 e. The Morgan fingerprint density at radius 3 is 2.65 bits per heavy atom. The van der Waals surface area contributed by atoms with Gasteiger partial charge in [-0.05, 0) is 48.5 Å².